The zero-order chi connectivity index (χ0) is 8.77. The quantitative estimate of drug-likeness (QED) is 0.538. The minimum Gasteiger partial charge on any atom is -0.295 e. The van der Waals surface area contributed by atoms with Crippen molar-refractivity contribution in [3.8, 4) is 0 Å². The predicted octanol–water partition coefficient (Wildman–Crippen LogP) is 2.71. The van der Waals surface area contributed by atoms with E-state index < -0.39 is 0 Å². The Morgan fingerprint density at radius 2 is 2.25 bits per heavy atom. The lowest BCUT2D eigenvalue weighted by Gasteiger charge is -2.16. The molecule has 0 aliphatic heterocycles. The van der Waals surface area contributed by atoms with Gasteiger partial charge in [0, 0.05) is 6.42 Å². The second kappa shape index (κ2) is 2.45. The summed E-state index contributed by atoms with van der Waals surface area (Å²) in [6.07, 6.45) is 6.22. The molecule has 0 amide bonds. The lowest BCUT2D eigenvalue weighted by atomic mass is 9.88. The fourth-order valence-corrected chi connectivity index (χ4v) is 2.62. The SMILES string of the molecule is CC1(C)CC2=CC(=O)CCC2C1. The summed E-state index contributed by atoms with van der Waals surface area (Å²) in [5.41, 5.74) is 1.87. The van der Waals surface area contributed by atoms with Crippen molar-refractivity contribution in [3.05, 3.63) is 11.6 Å². The highest BCUT2D eigenvalue weighted by atomic mass is 16.1. The van der Waals surface area contributed by atoms with E-state index in [1.54, 1.807) is 0 Å². The van der Waals surface area contributed by atoms with Crippen LogP contribution in [0.2, 0.25) is 0 Å². The standard InChI is InChI=1S/C11H16O/c1-11(2)6-8-3-4-10(12)5-9(8)7-11/h5,8H,3-4,6-7H2,1-2H3. The molecule has 2 aliphatic carbocycles. The van der Waals surface area contributed by atoms with Crippen LogP contribution in [0.4, 0.5) is 0 Å². The minimum atomic E-state index is 0.346. The van der Waals surface area contributed by atoms with Crippen molar-refractivity contribution in [3.63, 3.8) is 0 Å². The normalized spacial score (nSPS) is 33.0. The van der Waals surface area contributed by atoms with Gasteiger partial charge in [0.15, 0.2) is 5.78 Å². The predicted molar refractivity (Wildman–Crippen MR) is 48.8 cm³/mol. The molecule has 0 bridgehead atoms. The molecule has 0 aromatic carbocycles. The second-order valence-electron chi connectivity index (χ2n) is 4.97. The molecule has 0 aromatic rings. The monoisotopic (exact) mass is 164 g/mol. The van der Waals surface area contributed by atoms with Crippen molar-refractivity contribution in [1.29, 1.82) is 0 Å². The highest BCUT2D eigenvalue weighted by Gasteiger charge is 2.36. The van der Waals surface area contributed by atoms with Crippen molar-refractivity contribution in [1.82, 2.24) is 0 Å². The lowest BCUT2D eigenvalue weighted by molar-refractivity contribution is -0.115. The molecular formula is C11H16O. The summed E-state index contributed by atoms with van der Waals surface area (Å²) in [5.74, 6) is 1.08. The Morgan fingerprint density at radius 1 is 1.50 bits per heavy atom. The van der Waals surface area contributed by atoms with Gasteiger partial charge in [-0.2, -0.15) is 0 Å². The highest BCUT2D eigenvalue weighted by Crippen LogP contribution is 2.47. The van der Waals surface area contributed by atoms with Gasteiger partial charge in [0.2, 0.25) is 0 Å². The number of hydrogen-bond acceptors (Lipinski definition) is 1. The van der Waals surface area contributed by atoms with Gasteiger partial charge in [-0.3, -0.25) is 4.79 Å². The van der Waals surface area contributed by atoms with Crippen LogP contribution in [0.1, 0.15) is 39.5 Å². The summed E-state index contributed by atoms with van der Waals surface area (Å²) in [4.78, 5) is 11.1. The lowest BCUT2D eigenvalue weighted by Crippen LogP contribution is -2.09. The summed E-state index contributed by atoms with van der Waals surface area (Å²) in [6, 6.07) is 0. The third-order valence-electron chi connectivity index (χ3n) is 3.09. The van der Waals surface area contributed by atoms with Gasteiger partial charge < -0.3 is 0 Å². The van der Waals surface area contributed by atoms with E-state index in [0.29, 0.717) is 11.2 Å². The Bertz CT molecular complexity index is 248. The highest BCUT2D eigenvalue weighted by molar-refractivity contribution is 5.91. The van der Waals surface area contributed by atoms with Gasteiger partial charge in [-0.1, -0.05) is 19.4 Å². The first kappa shape index (κ1) is 8.03. The summed E-state index contributed by atoms with van der Waals surface area (Å²) in [7, 11) is 0. The summed E-state index contributed by atoms with van der Waals surface area (Å²) >= 11 is 0. The number of rotatable bonds is 0. The number of carbonyl (C=O) groups excluding carboxylic acids is 1. The maximum Gasteiger partial charge on any atom is 0.155 e. The van der Waals surface area contributed by atoms with E-state index in [9.17, 15) is 4.79 Å². The second-order valence-corrected chi connectivity index (χ2v) is 4.97. The van der Waals surface area contributed by atoms with E-state index in [4.69, 9.17) is 0 Å². The Kier molecular flexibility index (Phi) is 1.64. The van der Waals surface area contributed by atoms with Crippen molar-refractivity contribution < 1.29 is 4.79 Å². The van der Waals surface area contributed by atoms with Crippen LogP contribution in [-0.2, 0) is 4.79 Å². The van der Waals surface area contributed by atoms with E-state index in [1.165, 1.54) is 12.0 Å². The molecule has 2 rings (SSSR count). The summed E-state index contributed by atoms with van der Waals surface area (Å²) in [6.45, 7) is 4.60. The molecule has 1 heteroatoms. The van der Waals surface area contributed by atoms with E-state index in [2.05, 4.69) is 13.8 Å². The molecular weight excluding hydrogens is 148 g/mol. The molecule has 1 saturated carbocycles. The first-order chi connectivity index (χ1) is 5.57. The van der Waals surface area contributed by atoms with Crippen molar-refractivity contribution in [2.75, 3.05) is 0 Å². The first-order valence-electron chi connectivity index (χ1n) is 4.80. The Morgan fingerprint density at radius 3 is 3.00 bits per heavy atom. The molecule has 0 aromatic heterocycles. The zero-order valence-corrected chi connectivity index (χ0v) is 7.89. The fraction of sp³-hybridized carbons (Fsp3) is 0.727. The van der Waals surface area contributed by atoms with Gasteiger partial charge in [0.25, 0.3) is 0 Å². The van der Waals surface area contributed by atoms with E-state index in [0.717, 1.165) is 25.2 Å². The number of allylic oxidation sites excluding steroid dienone is 2. The largest absolute Gasteiger partial charge is 0.295 e. The van der Waals surface area contributed by atoms with Crippen molar-refractivity contribution in [2.45, 2.75) is 39.5 Å². The Balaban J connectivity index is 2.24. The first-order valence-corrected chi connectivity index (χ1v) is 4.80. The van der Waals surface area contributed by atoms with Crippen LogP contribution in [0, 0.1) is 11.3 Å². The molecule has 0 heterocycles. The maximum atomic E-state index is 11.1. The van der Waals surface area contributed by atoms with Gasteiger partial charge in [-0.25, -0.2) is 0 Å². The minimum absolute atomic E-state index is 0.346. The van der Waals surface area contributed by atoms with Crippen molar-refractivity contribution >= 4 is 5.78 Å². The van der Waals surface area contributed by atoms with Gasteiger partial charge in [-0.05, 0) is 36.7 Å². The number of hydrogen-bond donors (Lipinski definition) is 0. The average Bonchev–Trinajstić information content (AvgIpc) is 2.21. The van der Waals surface area contributed by atoms with Gasteiger partial charge >= 0.3 is 0 Å². The molecule has 0 N–H and O–H groups in total. The molecule has 1 atom stereocenters. The molecule has 0 saturated heterocycles. The molecule has 66 valence electrons. The third kappa shape index (κ3) is 1.33. The smallest absolute Gasteiger partial charge is 0.155 e. The summed E-state index contributed by atoms with van der Waals surface area (Å²) in [5, 5.41) is 0. The van der Waals surface area contributed by atoms with Crippen LogP contribution >= 0.6 is 0 Å². The van der Waals surface area contributed by atoms with E-state index in [-0.39, 0.29) is 0 Å². The maximum absolute atomic E-state index is 11.1. The fourth-order valence-electron chi connectivity index (χ4n) is 2.62. The number of carbonyl (C=O) groups is 1. The third-order valence-corrected chi connectivity index (χ3v) is 3.09. The molecule has 1 unspecified atom stereocenters. The molecule has 1 nitrogen and oxygen atoms in total. The summed E-state index contributed by atoms with van der Waals surface area (Å²) < 4.78 is 0. The van der Waals surface area contributed by atoms with Crippen molar-refractivity contribution in [2.24, 2.45) is 11.3 Å². The van der Waals surface area contributed by atoms with Gasteiger partial charge in [0.1, 0.15) is 0 Å². The molecule has 12 heavy (non-hydrogen) atoms. The molecule has 0 radical (unpaired) electrons. The number of ketones is 1. The molecule has 0 spiro atoms. The van der Waals surface area contributed by atoms with Crippen LogP contribution in [-0.4, -0.2) is 5.78 Å². The van der Waals surface area contributed by atoms with E-state index in [1.807, 2.05) is 6.08 Å². The van der Waals surface area contributed by atoms with Crippen LogP contribution in [0.5, 0.6) is 0 Å². The topological polar surface area (TPSA) is 17.1 Å². The Hall–Kier alpha value is -0.590. The average molecular weight is 164 g/mol. The van der Waals surface area contributed by atoms with Crippen LogP contribution in [0.3, 0.4) is 0 Å². The van der Waals surface area contributed by atoms with Gasteiger partial charge in [0.05, 0.1) is 0 Å². The Labute approximate surface area is 73.8 Å². The molecule has 1 fully saturated rings. The van der Waals surface area contributed by atoms with Crippen LogP contribution in [0.15, 0.2) is 11.6 Å². The zero-order valence-electron chi connectivity index (χ0n) is 7.89. The molecule has 2 aliphatic rings. The number of fused-ring (bicyclic) bond motifs is 1. The van der Waals surface area contributed by atoms with Crippen LogP contribution in [0.25, 0.3) is 0 Å². The van der Waals surface area contributed by atoms with Gasteiger partial charge in [-0.15, -0.1) is 0 Å². The van der Waals surface area contributed by atoms with E-state index >= 15 is 0 Å². The van der Waals surface area contributed by atoms with Crippen LogP contribution < -0.4 is 0 Å².